The summed E-state index contributed by atoms with van der Waals surface area (Å²) in [7, 11) is 0. The van der Waals surface area contributed by atoms with E-state index in [1.807, 2.05) is 13.8 Å². The molecule has 0 fully saturated rings. The maximum absolute atomic E-state index is 10.9. The number of carbonyl (C=O) groups is 1. The average molecular weight is 280 g/mol. The van der Waals surface area contributed by atoms with Crippen molar-refractivity contribution in [1.29, 1.82) is 0 Å². The van der Waals surface area contributed by atoms with Gasteiger partial charge in [0.15, 0.2) is 0 Å². The first kappa shape index (κ1) is 16.3. The minimum atomic E-state index is -1.33. The molecule has 0 aromatic heterocycles. The van der Waals surface area contributed by atoms with Crippen molar-refractivity contribution in [3.8, 4) is 11.5 Å². The monoisotopic (exact) mass is 280 g/mol. The van der Waals surface area contributed by atoms with Gasteiger partial charge in [0.2, 0.25) is 0 Å². The van der Waals surface area contributed by atoms with Crippen LogP contribution in [0.15, 0.2) is 12.1 Å². The molecule has 0 unspecified atom stereocenters. The molecule has 0 aliphatic heterocycles. The molecule has 0 amide bonds. The van der Waals surface area contributed by atoms with E-state index >= 15 is 0 Å². The van der Waals surface area contributed by atoms with Gasteiger partial charge in [0.1, 0.15) is 17.1 Å². The first-order chi connectivity index (χ1) is 9.29. The van der Waals surface area contributed by atoms with Crippen LogP contribution in [0.5, 0.6) is 11.5 Å². The van der Waals surface area contributed by atoms with E-state index < -0.39 is 11.5 Å². The van der Waals surface area contributed by atoms with Gasteiger partial charge in [0.05, 0.1) is 0 Å². The standard InChI is InChI=1S/C16H24O4/c1-4-5-6-7-8-16(2,3)11-9-12(17)14(15(19)20)13(18)10-11/h9-10,17-18H,4-8H2,1-3H3,(H,19,20). The highest BCUT2D eigenvalue weighted by Crippen LogP contribution is 2.37. The highest BCUT2D eigenvalue weighted by molar-refractivity contribution is 5.94. The first-order valence-electron chi connectivity index (χ1n) is 7.09. The van der Waals surface area contributed by atoms with E-state index in [-0.39, 0.29) is 16.9 Å². The maximum atomic E-state index is 10.9. The molecule has 0 saturated carbocycles. The van der Waals surface area contributed by atoms with Crippen LogP contribution in [0.3, 0.4) is 0 Å². The lowest BCUT2D eigenvalue weighted by molar-refractivity contribution is 0.0690. The van der Waals surface area contributed by atoms with Crippen LogP contribution in [0.25, 0.3) is 0 Å². The molecule has 1 aromatic rings. The minimum Gasteiger partial charge on any atom is -0.507 e. The number of rotatable bonds is 7. The quantitative estimate of drug-likeness (QED) is 0.658. The third-order valence-corrected chi connectivity index (χ3v) is 3.75. The van der Waals surface area contributed by atoms with E-state index in [2.05, 4.69) is 6.92 Å². The Morgan fingerprint density at radius 3 is 2.10 bits per heavy atom. The van der Waals surface area contributed by atoms with E-state index in [1.54, 1.807) is 0 Å². The molecule has 0 bridgehead atoms. The predicted molar refractivity (Wildman–Crippen MR) is 78.5 cm³/mol. The highest BCUT2D eigenvalue weighted by atomic mass is 16.4. The van der Waals surface area contributed by atoms with Gasteiger partial charge >= 0.3 is 5.97 Å². The van der Waals surface area contributed by atoms with E-state index in [4.69, 9.17) is 5.11 Å². The van der Waals surface area contributed by atoms with E-state index in [0.717, 1.165) is 24.8 Å². The Labute approximate surface area is 120 Å². The van der Waals surface area contributed by atoms with Crippen LogP contribution in [0.4, 0.5) is 0 Å². The molecule has 4 nitrogen and oxygen atoms in total. The van der Waals surface area contributed by atoms with Crippen molar-refractivity contribution in [2.24, 2.45) is 0 Å². The fourth-order valence-corrected chi connectivity index (χ4v) is 2.36. The smallest absolute Gasteiger partial charge is 0.343 e. The van der Waals surface area contributed by atoms with Gasteiger partial charge in [0, 0.05) is 0 Å². The Bertz CT molecular complexity index is 454. The van der Waals surface area contributed by atoms with E-state index in [0.29, 0.717) is 0 Å². The number of carboxylic acid groups (broad SMARTS) is 1. The molecule has 1 aromatic carbocycles. The van der Waals surface area contributed by atoms with E-state index in [1.165, 1.54) is 25.0 Å². The number of aromatic carboxylic acids is 1. The maximum Gasteiger partial charge on any atom is 0.343 e. The van der Waals surface area contributed by atoms with Gasteiger partial charge in [-0.3, -0.25) is 0 Å². The molecular weight excluding hydrogens is 256 g/mol. The second-order valence-electron chi connectivity index (χ2n) is 5.89. The summed E-state index contributed by atoms with van der Waals surface area (Å²) in [6, 6.07) is 2.89. The van der Waals surface area contributed by atoms with Crippen molar-refractivity contribution >= 4 is 5.97 Å². The zero-order valence-electron chi connectivity index (χ0n) is 12.4. The van der Waals surface area contributed by atoms with Crippen molar-refractivity contribution < 1.29 is 20.1 Å². The van der Waals surface area contributed by atoms with Crippen LogP contribution in [0.1, 0.15) is 68.8 Å². The van der Waals surface area contributed by atoms with Crippen LogP contribution < -0.4 is 0 Å². The van der Waals surface area contributed by atoms with Gasteiger partial charge in [-0.25, -0.2) is 4.79 Å². The largest absolute Gasteiger partial charge is 0.507 e. The molecule has 3 N–H and O–H groups in total. The lowest BCUT2D eigenvalue weighted by atomic mass is 9.79. The molecule has 112 valence electrons. The van der Waals surface area contributed by atoms with Crippen molar-refractivity contribution in [2.75, 3.05) is 0 Å². The molecule has 0 spiro atoms. The number of hydrogen-bond acceptors (Lipinski definition) is 3. The van der Waals surface area contributed by atoms with Crippen LogP contribution in [-0.4, -0.2) is 21.3 Å². The Morgan fingerprint density at radius 1 is 1.10 bits per heavy atom. The van der Waals surface area contributed by atoms with Crippen LogP contribution in [-0.2, 0) is 5.41 Å². The van der Waals surface area contributed by atoms with Crippen LogP contribution >= 0.6 is 0 Å². The molecule has 0 heterocycles. The summed E-state index contributed by atoms with van der Waals surface area (Å²) in [6.07, 6.45) is 5.53. The summed E-state index contributed by atoms with van der Waals surface area (Å²) in [6.45, 7) is 6.23. The molecule has 20 heavy (non-hydrogen) atoms. The zero-order valence-corrected chi connectivity index (χ0v) is 12.4. The van der Waals surface area contributed by atoms with Crippen molar-refractivity contribution in [2.45, 2.75) is 58.3 Å². The summed E-state index contributed by atoms with van der Waals surface area (Å²) in [5.74, 6) is -2.09. The highest BCUT2D eigenvalue weighted by Gasteiger charge is 2.25. The lowest BCUT2D eigenvalue weighted by Crippen LogP contribution is -2.17. The SMILES string of the molecule is CCCCCCC(C)(C)c1cc(O)c(C(=O)O)c(O)c1. The molecule has 0 saturated heterocycles. The molecule has 0 aliphatic rings. The minimum absolute atomic E-state index is 0.209. The second kappa shape index (κ2) is 6.64. The molecule has 0 radical (unpaired) electrons. The molecule has 0 aliphatic carbocycles. The first-order valence-corrected chi connectivity index (χ1v) is 7.09. The number of phenols is 2. The third kappa shape index (κ3) is 3.89. The lowest BCUT2D eigenvalue weighted by Gasteiger charge is -2.26. The summed E-state index contributed by atoms with van der Waals surface area (Å²) >= 11 is 0. The number of hydrogen-bond donors (Lipinski definition) is 3. The summed E-state index contributed by atoms with van der Waals surface area (Å²) in [5.41, 5.74) is 0.115. The third-order valence-electron chi connectivity index (χ3n) is 3.75. The Balaban J connectivity index is 2.93. The number of aromatic hydroxyl groups is 2. The number of carboxylic acids is 1. The van der Waals surface area contributed by atoms with E-state index in [9.17, 15) is 15.0 Å². The fraction of sp³-hybridized carbons (Fsp3) is 0.562. The summed E-state index contributed by atoms with van der Waals surface area (Å²) in [4.78, 5) is 10.9. The predicted octanol–water partition coefficient (Wildman–Crippen LogP) is 4.04. The normalized spacial score (nSPS) is 11.6. The van der Waals surface area contributed by atoms with Gasteiger partial charge < -0.3 is 15.3 Å². The average Bonchev–Trinajstić information content (AvgIpc) is 2.33. The van der Waals surface area contributed by atoms with Gasteiger partial charge in [-0.05, 0) is 29.5 Å². The van der Waals surface area contributed by atoms with Crippen LogP contribution in [0.2, 0.25) is 0 Å². The summed E-state index contributed by atoms with van der Waals surface area (Å²) in [5, 5.41) is 28.5. The Kier molecular flexibility index (Phi) is 5.43. The van der Waals surface area contributed by atoms with Gasteiger partial charge in [-0.15, -0.1) is 0 Å². The second-order valence-corrected chi connectivity index (χ2v) is 5.89. The molecule has 1 rings (SSSR count). The fourth-order valence-electron chi connectivity index (χ4n) is 2.36. The molecule has 0 atom stereocenters. The van der Waals surface area contributed by atoms with Crippen molar-refractivity contribution in [3.05, 3.63) is 23.3 Å². The molecule has 4 heteroatoms. The van der Waals surface area contributed by atoms with Crippen LogP contribution in [0, 0.1) is 0 Å². The van der Waals surface area contributed by atoms with Crippen molar-refractivity contribution in [3.63, 3.8) is 0 Å². The Hall–Kier alpha value is -1.71. The zero-order chi connectivity index (χ0) is 15.3. The topological polar surface area (TPSA) is 77.8 Å². The van der Waals surface area contributed by atoms with Gasteiger partial charge in [0.25, 0.3) is 0 Å². The molecular formula is C16H24O4. The number of unbranched alkanes of at least 4 members (excludes halogenated alkanes) is 3. The number of benzene rings is 1. The summed E-state index contributed by atoms with van der Waals surface area (Å²) < 4.78 is 0. The Morgan fingerprint density at radius 2 is 1.65 bits per heavy atom. The van der Waals surface area contributed by atoms with Gasteiger partial charge in [-0.2, -0.15) is 0 Å². The van der Waals surface area contributed by atoms with Gasteiger partial charge in [-0.1, -0.05) is 46.5 Å². The van der Waals surface area contributed by atoms with Crippen molar-refractivity contribution in [1.82, 2.24) is 0 Å².